The number of anilines is 1. The molecule has 5 aromatic rings. The maximum atomic E-state index is 14.2. The van der Waals surface area contributed by atoms with Gasteiger partial charge in [-0.15, -0.1) is 0 Å². The summed E-state index contributed by atoms with van der Waals surface area (Å²) < 4.78 is 24.2. The normalized spacial score (nSPS) is 11.3. The fraction of sp³-hybridized carbons (Fsp3) is 0.115. The molecule has 1 heterocycles. The fourth-order valence-electron chi connectivity index (χ4n) is 4.02. The van der Waals surface area contributed by atoms with E-state index in [0.29, 0.717) is 31.2 Å². The van der Waals surface area contributed by atoms with E-state index in [0.717, 1.165) is 22.2 Å². The zero-order valence-electron chi connectivity index (χ0n) is 17.0. The Labute approximate surface area is 179 Å². The summed E-state index contributed by atoms with van der Waals surface area (Å²) in [4.78, 5) is 0. The number of halogens is 1. The molecule has 0 fully saturated rings. The van der Waals surface area contributed by atoms with Crippen LogP contribution in [-0.2, 0) is 13.1 Å². The number of imidazole rings is 1. The number of rotatable bonds is 6. The molecule has 0 aliphatic rings. The van der Waals surface area contributed by atoms with Crippen LogP contribution in [0, 0.1) is 5.82 Å². The van der Waals surface area contributed by atoms with Gasteiger partial charge in [-0.25, -0.2) is 13.5 Å². The van der Waals surface area contributed by atoms with E-state index in [1.54, 1.807) is 12.1 Å². The van der Waals surface area contributed by atoms with E-state index in [2.05, 4.69) is 18.2 Å². The topological polar surface area (TPSA) is 44.1 Å². The highest BCUT2D eigenvalue weighted by molar-refractivity contribution is 5.83. The molecular weight excluding hydrogens is 389 g/mol. The van der Waals surface area contributed by atoms with Crippen LogP contribution in [0.15, 0.2) is 91.0 Å². The predicted molar refractivity (Wildman–Crippen MR) is 121 cm³/mol. The van der Waals surface area contributed by atoms with Crippen LogP contribution in [-0.4, -0.2) is 11.2 Å². The molecule has 0 saturated heterocycles. The average molecular weight is 412 g/mol. The van der Waals surface area contributed by atoms with Gasteiger partial charge in [0.25, 0.3) is 0 Å². The number of benzene rings is 4. The molecule has 154 valence electrons. The van der Waals surface area contributed by atoms with Crippen molar-refractivity contribution in [2.75, 3.05) is 12.3 Å². The van der Waals surface area contributed by atoms with Gasteiger partial charge in [0.2, 0.25) is 0 Å². The second kappa shape index (κ2) is 8.11. The van der Waals surface area contributed by atoms with E-state index >= 15 is 0 Å². The quantitative estimate of drug-likeness (QED) is 0.402. The predicted octanol–water partition coefficient (Wildman–Crippen LogP) is 4.93. The van der Waals surface area contributed by atoms with E-state index in [1.807, 2.05) is 63.7 Å². The van der Waals surface area contributed by atoms with Crippen molar-refractivity contribution in [3.63, 3.8) is 0 Å². The standard InChI is InChI=1S/C26H22FN3O/c27-23-10-4-3-9-21(23)18-30-25-12-6-5-11-24(25)29(26(30)28)15-16-31-22-14-13-19-7-1-2-8-20(19)17-22/h1-14,17,28H,15-16,18H2/p+1. The summed E-state index contributed by atoms with van der Waals surface area (Å²) in [5.74, 6) is 1.17. The first-order valence-electron chi connectivity index (χ1n) is 10.3. The van der Waals surface area contributed by atoms with Crippen LogP contribution in [0.2, 0.25) is 0 Å². The smallest absolute Gasteiger partial charge is 0.356 e. The van der Waals surface area contributed by atoms with Gasteiger partial charge >= 0.3 is 5.95 Å². The lowest BCUT2D eigenvalue weighted by molar-refractivity contribution is -0.648. The highest BCUT2D eigenvalue weighted by atomic mass is 19.1. The minimum Gasteiger partial charge on any atom is -0.490 e. The van der Waals surface area contributed by atoms with Crippen molar-refractivity contribution < 1.29 is 13.7 Å². The molecule has 0 radical (unpaired) electrons. The summed E-state index contributed by atoms with van der Waals surface area (Å²) in [7, 11) is 0. The van der Waals surface area contributed by atoms with Crippen LogP contribution >= 0.6 is 0 Å². The molecule has 2 N–H and O–H groups in total. The van der Waals surface area contributed by atoms with E-state index < -0.39 is 0 Å². The largest absolute Gasteiger partial charge is 0.490 e. The first-order valence-corrected chi connectivity index (χ1v) is 10.3. The number of hydrogen-bond acceptors (Lipinski definition) is 2. The number of ether oxygens (including phenoxy) is 1. The molecule has 0 amide bonds. The van der Waals surface area contributed by atoms with Gasteiger partial charge in [-0.05, 0) is 41.1 Å². The molecule has 1 aromatic heterocycles. The molecule has 0 bridgehead atoms. The van der Waals surface area contributed by atoms with Gasteiger partial charge in [-0.1, -0.05) is 60.7 Å². The summed E-state index contributed by atoms with van der Waals surface area (Å²) in [5, 5.41) is 2.33. The molecule has 0 aliphatic carbocycles. The van der Waals surface area contributed by atoms with Crippen LogP contribution in [0.1, 0.15) is 5.56 Å². The van der Waals surface area contributed by atoms with Crippen LogP contribution in [0.4, 0.5) is 10.3 Å². The second-order valence-corrected chi connectivity index (χ2v) is 7.53. The number of para-hydroxylation sites is 2. The van der Waals surface area contributed by atoms with Crippen molar-refractivity contribution in [3.8, 4) is 5.75 Å². The third kappa shape index (κ3) is 3.70. The molecule has 5 rings (SSSR count). The van der Waals surface area contributed by atoms with Crippen LogP contribution in [0.5, 0.6) is 5.75 Å². The highest BCUT2D eigenvalue weighted by Crippen LogP contribution is 2.21. The lowest BCUT2D eigenvalue weighted by Crippen LogP contribution is -2.37. The molecule has 31 heavy (non-hydrogen) atoms. The molecule has 0 spiro atoms. The zero-order valence-corrected chi connectivity index (χ0v) is 17.0. The Morgan fingerprint density at radius 3 is 2.45 bits per heavy atom. The summed E-state index contributed by atoms with van der Waals surface area (Å²) in [6.07, 6.45) is 0. The average Bonchev–Trinajstić information content (AvgIpc) is 3.06. The lowest BCUT2D eigenvalue weighted by atomic mass is 10.1. The van der Waals surface area contributed by atoms with Gasteiger partial charge < -0.3 is 4.74 Å². The summed E-state index contributed by atoms with van der Waals surface area (Å²) in [6.45, 7) is 1.43. The lowest BCUT2D eigenvalue weighted by Gasteiger charge is -2.07. The fourth-order valence-corrected chi connectivity index (χ4v) is 4.02. The number of aromatic nitrogens is 2. The Kier molecular flexibility index (Phi) is 5.00. The second-order valence-electron chi connectivity index (χ2n) is 7.53. The van der Waals surface area contributed by atoms with Crippen LogP contribution < -0.4 is 15.0 Å². The minimum absolute atomic E-state index is 0.231. The van der Waals surface area contributed by atoms with Crippen molar-refractivity contribution in [3.05, 3.63) is 102 Å². The van der Waals surface area contributed by atoms with Crippen molar-refractivity contribution in [1.29, 1.82) is 0 Å². The number of nitrogen functional groups attached to an aromatic ring is 1. The maximum absolute atomic E-state index is 14.2. The third-order valence-electron chi connectivity index (χ3n) is 5.61. The molecule has 0 saturated carbocycles. The van der Waals surface area contributed by atoms with E-state index in [9.17, 15) is 4.39 Å². The molecule has 4 aromatic carbocycles. The first-order chi connectivity index (χ1) is 15.2. The third-order valence-corrected chi connectivity index (χ3v) is 5.61. The summed E-state index contributed by atoms with van der Waals surface area (Å²) in [5.41, 5.74) is 9.09. The van der Waals surface area contributed by atoms with Crippen LogP contribution in [0.25, 0.3) is 21.8 Å². The van der Waals surface area contributed by atoms with Crippen molar-refractivity contribution >= 4 is 27.8 Å². The van der Waals surface area contributed by atoms with Gasteiger partial charge in [0, 0.05) is 5.56 Å². The van der Waals surface area contributed by atoms with E-state index in [4.69, 9.17) is 10.5 Å². The molecule has 0 aliphatic heterocycles. The number of fused-ring (bicyclic) bond motifs is 2. The number of nitrogens with two attached hydrogens (primary N) is 1. The van der Waals surface area contributed by atoms with Gasteiger partial charge in [-0.2, -0.15) is 0 Å². The summed E-state index contributed by atoms with van der Waals surface area (Å²) >= 11 is 0. The molecule has 0 unspecified atom stereocenters. The molecule has 4 nitrogen and oxygen atoms in total. The summed E-state index contributed by atoms with van der Waals surface area (Å²) in [6, 6.07) is 29.1. The van der Waals surface area contributed by atoms with Crippen LogP contribution in [0.3, 0.4) is 0 Å². The zero-order chi connectivity index (χ0) is 21.2. The van der Waals surface area contributed by atoms with Crippen molar-refractivity contribution in [2.24, 2.45) is 0 Å². The van der Waals surface area contributed by atoms with Gasteiger partial charge in [0.15, 0.2) is 0 Å². The van der Waals surface area contributed by atoms with Gasteiger partial charge in [-0.3, -0.25) is 5.73 Å². The Hall–Kier alpha value is -3.86. The monoisotopic (exact) mass is 412 g/mol. The molecular formula is C26H23FN3O+. The van der Waals surface area contributed by atoms with E-state index in [1.165, 1.54) is 11.5 Å². The molecule has 5 heteroatoms. The van der Waals surface area contributed by atoms with Gasteiger partial charge in [0.1, 0.15) is 42.3 Å². The highest BCUT2D eigenvalue weighted by Gasteiger charge is 2.21. The minimum atomic E-state index is -0.231. The van der Waals surface area contributed by atoms with E-state index in [-0.39, 0.29) is 5.82 Å². The van der Waals surface area contributed by atoms with Crippen molar-refractivity contribution in [2.45, 2.75) is 13.1 Å². The Morgan fingerprint density at radius 1 is 0.839 bits per heavy atom. The number of hydrogen-bond donors (Lipinski definition) is 1. The number of nitrogens with zero attached hydrogens (tertiary/aromatic N) is 2. The van der Waals surface area contributed by atoms with Gasteiger partial charge in [0.05, 0.1) is 0 Å². The Morgan fingerprint density at radius 2 is 1.58 bits per heavy atom. The first kappa shape index (κ1) is 19.1. The SMILES string of the molecule is Nc1n(CCOc2ccc3ccccc3c2)c2ccccc2[n+]1Cc1ccccc1F. The maximum Gasteiger partial charge on any atom is 0.356 e. The van der Waals surface area contributed by atoms with Crippen molar-refractivity contribution in [1.82, 2.24) is 4.57 Å². The Bertz CT molecular complexity index is 1380. The molecule has 0 atom stereocenters. The Balaban J connectivity index is 1.40.